The molecule has 1 fully saturated rings. The molecule has 1 aliphatic rings. The van der Waals surface area contributed by atoms with E-state index in [1.54, 1.807) is 12.1 Å². The Morgan fingerprint density at radius 3 is 2.18 bits per heavy atom. The Hall–Kier alpha value is -1.23. The highest BCUT2D eigenvalue weighted by molar-refractivity contribution is 5.48. The Kier molecular flexibility index (Phi) is 3.57. The number of halogens is 3. The van der Waals surface area contributed by atoms with Gasteiger partial charge in [0.1, 0.15) is 0 Å². The highest BCUT2D eigenvalue weighted by Gasteiger charge is 2.27. The third-order valence-corrected chi connectivity index (χ3v) is 2.72. The van der Waals surface area contributed by atoms with Gasteiger partial charge in [0.25, 0.3) is 0 Å². The van der Waals surface area contributed by atoms with Gasteiger partial charge < -0.3 is 9.64 Å². The predicted molar refractivity (Wildman–Crippen MR) is 59.2 cm³/mol. The molecule has 0 spiro atoms. The van der Waals surface area contributed by atoms with Crippen molar-refractivity contribution in [1.82, 2.24) is 0 Å². The van der Waals surface area contributed by atoms with Crippen LogP contribution in [0.15, 0.2) is 24.3 Å². The van der Waals surface area contributed by atoms with Gasteiger partial charge >= 0.3 is 6.18 Å². The van der Waals surface area contributed by atoms with Crippen molar-refractivity contribution in [1.29, 1.82) is 0 Å². The molecule has 94 valence electrons. The summed E-state index contributed by atoms with van der Waals surface area (Å²) >= 11 is 0. The molecule has 0 bridgehead atoms. The topological polar surface area (TPSA) is 12.5 Å². The van der Waals surface area contributed by atoms with Gasteiger partial charge in [0.05, 0.1) is 19.6 Å². The SMILES string of the molecule is FC(F)(F)Cc1ccc(N2CCOCC2)cc1. The summed E-state index contributed by atoms with van der Waals surface area (Å²) in [5, 5.41) is 0. The van der Waals surface area contributed by atoms with Crippen LogP contribution in [0.5, 0.6) is 0 Å². The molecular formula is C12H14F3NO. The third kappa shape index (κ3) is 3.63. The number of hydrogen-bond donors (Lipinski definition) is 0. The summed E-state index contributed by atoms with van der Waals surface area (Å²) < 4.78 is 41.7. The molecule has 5 heteroatoms. The van der Waals surface area contributed by atoms with Gasteiger partial charge in [-0.05, 0) is 17.7 Å². The summed E-state index contributed by atoms with van der Waals surface area (Å²) in [5.41, 5.74) is 1.26. The zero-order chi connectivity index (χ0) is 12.3. The fourth-order valence-corrected chi connectivity index (χ4v) is 1.88. The maximum absolute atomic E-state index is 12.2. The van der Waals surface area contributed by atoms with Crippen molar-refractivity contribution in [2.24, 2.45) is 0 Å². The highest BCUT2D eigenvalue weighted by atomic mass is 19.4. The second-order valence-corrected chi connectivity index (χ2v) is 4.06. The van der Waals surface area contributed by atoms with E-state index >= 15 is 0 Å². The second-order valence-electron chi connectivity index (χ2n) is 4.06. The number of ether oxygens (including phenoxy) is 1. The van der Waals surface area contributed by atoms with Crippen LogP contribution in [0.3, 0.4) is 0 Å². The normalized spacial score (nSPS) is 17.2. The standard InChI is InChI=1S/C12H14F3NO/c13-12(14,15)9-10-1-3-11(4-2-10)16-5-7-17-8-6-16/h1-4H,5-9H2. The molecule has 0 N–H and O–H groups in total. The number of benzene rings is 1. The van der Waals surface area contributed by atoms with Crippen LogP contribution in [-0.2, 0) is 11.2 Å². The molecule has 1 aromatic rings. The zero-order valence-electron chi connectivity index (χ0n) is 9.33. The van der Waals surface area contributed by atoms with E-state index in [0.29, 0.717) is 18.8 Å². The predicted octanol–water partition coefficient (Wildman–Crippen LogP) is 2.63. The average molecular weight is 245 g/mol. The van der Waals surface area contributed by atoms with Crippen molar-refractivity contribution in [3.8, 4) is 0 Å². The Morgan fingerprint density at radius 1 is 1.06 bits per heavy atom. The van der Waals surface area contributed by atoms with Crippen LogP contribution in [-0.4, -0.2) is 32.5 Å². The van der Waals surface area contributed by atoms with Crippen molar-refractivity contribution in [3.63, 3.8) is 0 Å². The van der Waals surface area contributed by atoms with Gasteiger partial charge in [0.2, 0.25) is 0 Å². The molecule has 0 radical (unpaired) electrons. The van der Waals surface area contributed by atoms with Crippen LogP contribution in [0.4, 0.5) is 18.9 Å². The van der Waals surface area contributed by atoms with E-state index in [1.807, 2.05) is 0 Å². The fraction of sp³-hybridized carbons (Fsp3) is 0.500. The summed E-state index contributed by atoms with van der Waals surface area (Å²) in [7, 11) is 0. The van der Waals surface area contributed by atoms with Gasteiger partial charge in [-0.15, -0.1) is 0 Å². The van der Waals surface area contributed by atoms with Gasteiger partial charge in [-0.25, -0.2) is 0 Å². The molecule has 0 amide bonds. The summed E-state index contributed by atoms with van der Waals surface area (Å²) in [6.45, 7) is 2.92. The van der Waals surface area contributed by atoms with E-state index in [0.717, 1.165) is 18.8 Å². The van der Waals surface area contributed by atoms with Crippen LogP contribution in [0.25, 0.3) is 0 Å². The third-order valence-electron chi connectivity index (χ3n) is 2.72. The Bertz CT molecular complexity index is 355. The summed E-state index contributed by atoms with van der Waals surface area (Å²) in [6.07, 6.45) is -5.00. The minimum Gasteiger partial charge on any atom is -0.378 e. The fourth-order valence-electron chi connectivity index (χ4n) is 1.88. The van der Waals surface area contributed by atoms with Crippen molar-refractivity contribution in [3.05, 3.63) is 29.8 Å². The molecule has 2 nitrogen and oxygen atoms in total. The van der Waals surface area contributed by atoms with Crippen LogP contribution in [0.1, 0.15) is 5.56 Å². The first-order chi connectivity index (χ1) is 8.04. The summed E-state index contributed by atoms with van der Waals surface area (Å²) in [6, 6.07) is 6.56. The monoisotopic (exact) mass is 245 g/mol. The van der Waals surface area contributed by atoms with Gasteiger partial charge in [0.15, 0.2) is 0 Å². The lowest BCUT2D eigenvalue weighted by Crippen LogP contribution is -2.36. The van der Waals surface area contributed by atoms with Crippen molar-refractivity contribution >= 4 is 5.69 Å². The van der Waals surface area contributed by atoms with E-state index in [9.17, 15) is 13.2 Å². The molecule has 2 rings (SSSR count). The summed E-state index contributed by atoms with van der Waals surface area (Å²) in [4.78, 5) is 2.11. The first-order valence-corrected chi connectivity index (χ1v) is 5.53. The van der Waals surface area contributed by atoms with Crippen LogP contribution in [0.2, 0.25) is 0 Å². The molecule has 1 aromatic carbocycles. The molecule has 1 heterocycles. The molecular weight excluding hydrogens is 231 g/mol. The zero-order valence-corrected chi connectivity index (χ0v) is 9.33. The van der Waals surface area contributed by atoms with Crippen molar-refractivity contribution < 1.29 is 17.9 Å². The maximum atomic E-state index is 12.2. The smallest absolute Gasteiger partial charge is 0.378 e. The number of morpholine rings is 1. The maximum Gasteiger partial charge on any atom is 0.393 e. The van der Waals surface area contributed by atoms with E-state index < -0.39 is 12.6 Å². The van der Waals surface area contributed by atoms with Crippen molar-refractivity contribution in [2.75, 3.05) is 31.2 Å². The van der Waals surface area contributed by atoms with Gasteiger partial charge in [-0.1, -0.05) is 12.1 Å². The average Bonchev–Trinajstić information content (AvgIpc) is 2.29. The lowest BCUT2D eigenvalue weighted by atomic mass is 10.1. The molecule has 0 atom stereocenters. The lowest BCUT2D eigenvalue weighted by molar-refractivity contribution is -0.127. The second kappa shape index (κ2) is 4.96. The Morgan fingerprint density at radius 2 is 1.65 bits per heavy atom. The van der Waals surface area contributed by atoms with Gasteiger partial charge in [-0.2, -0.15) is 13.2 Å². The molecule has 0 aromatic heterocycles. The first kappa shape index (κ1) is 12.2. The van der Waals surface area contributed by atoms with E-state index in [4.69, 9.17) is 4.74 Å². The number of alkyl halides is 3. The number of hydrogen-bond acceptors (Lipinski definition) is 2. The summed E-state index contributed by atoms with van der Waals surface area (Å²) in [5.74, 6) is 0. The Labute approximate surface area is 98.0 Å². The van der Waals surface area contributed by atoms with E-state index in [1.165, 1.54) is 12.1 Å². The van der Waals surface area contributed by atoms with E-state index in [-0.39, 0.29) is 0 Å². The molecule has 1 saturated heterocycles. The molecule has 0 saturated carbocycles. The minimum atomic E-state index is -4.14. The van der Waals surface area contributed by atoms with Gasteiger partial charge in [0, 0.05) is 18.8 Å². The number of anilines is 1. The van der Waals surface area contributed by atoms with Crippen LogP contribution >= 0.6 is 0 Å². The minimum absolute atomic E-state index is 0.300. The largest absolute Gasteiger partial charge is 0.393 e. The van der Waals surface area contributed by atoms with Crippen LogP contribution < -0.4 is 4.90 Å². The lowest BCUT2D eigenvalue weighted by Gasteiger charge is -2.28. The van der Waals surface area contributed by atoms with Crippen molar-refractivity contribution in [2.45, 2.75) is 12.6 Å². The molecule has 17 heavy (non-hydrogen) atoms. The highest BCUT2D eigenvalue weighted by Crippen LogP contribution is 2.23. The first-order valence-electron chi connectivity index (χ1n) is 5.53. The quantitative estimate of drug-likeness (QED) is 0.794. The Balaban J connectivity index is 2.02. The molecule has 1 aliphatic heterocycles. The molecule has 0 unspecified atom stereocenters. The number of nitrogens with zero attached hydrogens (tertiary/aromatic N) is 1. The number of rotatable bonds is 2. The van der Waals surface area contributed by atoms with E-state index in [2.05, 4.69) is 4.90 Å². The van der Waals surface area contributed by atoms with Gasteiger partial charge in [-0.3, -0.25) is 0 Å². The molecule has 0 aliphatic carbocycles. The van der Waals surface area contributed by atoms with Crippen LogP contribution in [0, 0.1) is 0 Å².